The van der Waals surface area contributed by atoms with Crippen molar-refractivity contribution >= 4 is 5.91 Å². The van der Waals surface area contributed by atoms with E-state index in [0.717, 1.165) is 5.56 Å². The maximum absolute atomic E-state index is 13.0. The van der Waals surface area contributed by atoms with E-state index < -0.39 is 0 Å². The van der Waals surface area contributed by atoms with Gasteiger partial charge in [-0.15, -0.1) is 0 Å². The molecule has 0 aromatic heterocycles. The van der Waals surface area contributed by atoms with Crippen molar-refractivity contribution in [1.29, 1.82) is 0 Å². The third-order valence-corrected chi connectivity index (χ3v) is 3.59. The molecule has 3 heteroatoms. The van der Waals surface area contributed by atoms with Crippen LogP contribution in [-0.4, -0.2) is 12.5 Å². The third-order valence-electron chi connectivity index (χ3n) is 3.59. The van der Waals surface area contributed by atoms with E-state index in [1.807, 2.05) is 6.07 Å². The molecular weight excluding hydrogens is 241 g/mol. The molecule has 1 rings (SSSR count). The molecule has 0 fully saturated rings. The van der Waals surface area contributed by atoms with Gasteiger partial charge in [-0.3, -0.25) is 4.79 Å². The molecule has 0 spiro atoms. The Kier molecular flexibility index (Phi) is 5.52. The Bertz CT molecular complexity index is 423. The third kappa shape index (κ3) is 5.86. The summed E-state index contributed by atoms with van der Waals surface area (Å²) >= 11 is 0. The van der Waals surface area contributed by atoms with Crippen LogP contribution in [0.2, 0.25) is 0 Å². The zero-order chi connectivity index (χ0) is 14.5. The van der Waals surface area contributed by atoms with Gasteiger partial charge in [0.05, 0.1) is 0 Å². The molecule has 1 unspecified atom stereocenters. The average Bonchev–Trinajstić information content (AvgIpc) is 2.27. The second-order valence-corrected chi connectivity index (χ2v) is 6.20. The van der Waals surface area contributed by atoms with Gasteiger partial charge in [0.15, 0.2) is 0 Å². The number of carbonyl (C=O) groups is 1. The number of carbonyl (C=O) groups excluding carboxylic acids is 1. The Morgan fingerprint density at radius 1 is 1.37 bits per heavy atom. The van der Waals surface area contributed by atoms with Crippen molar-refractivity contribution in [2.45, 2.75) is 40.5 Å². The first-order valence-electron chi connectivity index (χ1n) is 6.80. The molecule has 0 heterocycles. The number of hydrogen-bond donors (Lipinski definition) is 1. The van der Waals surface area contributed by atoms with E-state index in [2.05, 4.69) is 33.0 Å². The van der Waals surface area contributed by atoms with Crippen LogP contribution >= 0.6 is 0 Å². The van der Waals surface area contributed by atoms with Crippen molar-refractivity contribution < 1.29 is 9.18 Å². The number of amides is 1. The minimum atomic E-state index is -0.231. The quantitative estimate of drug-likeness (QED) is 0.866. The summed E-state index contributed by atoms with van der Waals surface area (Å²) in [5, 5.41) is 2.89. The van der Waals surface area contributed by atoms with Crippen molar-refractivity contribution in [3.05, 3.63) is 35.6 Å². The fraction of sp³-hybridized carbons (Fsp3) is 0.562. The topological polar surface area (TPSA) is 29.1 Å². The standard InChI is InChI=1S/C16H24FNO/c1-12(16(2,3)4)10-15(19)18-9-8-13-6-5-7-14(17)11-13/h5-7,11-12H,8-10H2,1-4H3,(H,18,19). The molecular formula is C16H24FNO. The Labute approximate surface area is 115 Å². The lowest BCUT2D eigenvalue weighted by molar-refractivity contribution is -0.122. The van der Waals surface area contributed by atoms with Crippen LogP contribution in [0.3, 0.4) is 0 Å². The molecule has 0 saturated heterocycles. The van der Waals surface area contributed by atoms with Gasteiger partial charge in [-0.1, -0.05) is 39.8 Å². The Balaban J connectivity index is 2.32. The fourth-order valence-corrected chi connectivity index (χ4v) is 1.70. The first kappa shape index (κ1) is 15.7. The van der Waals surface area contributed by atoms with E-state index in [1.54, 1.807) is 6.07 Å². The summed E-state index contributed by atoms with van der Waals surface area (Å²) in [5.41, 5.74) is 1.05. The maximum Gasteiger partial charge on any atom is 0.220 e. The van der Waals surface area contributed by atoms with Gasteiger partial charge < -0.3 is 5.32 Å². The van der Waals surface area contributed by atoms with Crippen molar-refractivity contribution in [1.82, 2.24) is 5.32 Å². The van der Waals surface area contributed by atoms with Gasteiger partial charge >= 0.3 is 0 Å². The molecule has 0 bridgehead atoms. The van der Waals surface area contributed by atoms with E-state index in [-0.39, 0.29) is 17.1 Å². The summed E-state index contributed by atoms with van der Waals surface area (Å²) in [4.78, 5) is 11.8. The zero-order valence-corrected chi connectivity index (χ0v) is 12.3. The molecule has 0 saturated carbocycles. The number of hydrogen-bond acceptors (Lipinski definition) is 1. The largest absolute Gasteiger partial charge is 0.356 e. The molecule has 1 atom stereocenters. The molecule has 1 amide bonds. The average molecular weight is 265 g/mol. The predicted molar refractivity (Wildman–Crippen MR) is 76.3 cm³/mol. The van der Waals surface area contributed by atoms with Crippen molar-refractivity contribution in [2.24, 2.45) is 11.3 Å². The van der Waals surface area contributed by atoms with E-state index >= 15 is 0 Å². The molecule has 19 heavy (non-hydrogen) atoms. The van der Waals surface area contributed by atoms with Crippen LogP contribution < -0.4 is 5.32 Å². The van der Waals surface area contributed by atoms with Crippen LogP contribution in [0.1, 0.15) is 39.7 Å². The lowest BCUT2D eigenvalue weighted by atomic mass is 9.80. The predicted octanol–water partition coefficient (Wildman–Crippen LogP) is 3.56. The van der Waals surface area contributed by atoms with Gasteiger partial charge in [0, 0.05) is 13.0 Å². The van der Waals surface area contributed by atoms with Crippen LogP contribution in [0.5, 0.6) is 0 Å². The van der Waals surface area contributed by atoms with E-state index in [9.17, 15) is 9.18 Å². The van der Waals surface area contributed by atoms with Crippen LogP contribution in [-0.2, 0) is 11.2 Å². The van der Waals surface area contributed by atoms with Gasteiger partial charge in [-0.05, 0) is 35.4 Å². The minimum absolute atomic E-state index is 0.0684. The summed E-state index contributed by atoms with van der Waals surface area (Å²) in [6, 6.07) is 6.48. The molecule has 0 aliphatic carbocycles. The van der Waals surface area contributed by atoms with Crippen molar-refractivity contribution in [3.8, 4) is 0 Å². The summed E-state index contributed by atoms with van der Waals surface area (Å²) in [5.74, 6) is 0.172. The van der Waals surface area contributed by atoms with Gasteiger partial charge in [0.2, 0.25) is 5.91 Å². The summed E-state index contributed by atoms with van der Waals surface area (Å²) in [6.45, 7) is 9.05. The maximum atomic E-state index is 13.0. The van der Waals surface area contributed by atoms with Gasteiger partial charge in [0.25, 0.3) is 0 Å². The molecule has 1 aromatic carbocycles. The molecule has 106 valence electrons. The lowest BCUT2D eigenvalue weighted by Gasteiger charge is -2.26. The summed E-state index contributed by atoms with van der Waals surface area (Å²) in [7, 11) is 0. The first-order chi connectivity index (χ1) is 8.79. The van der Waals surface area contributed by atoms with Crippen molar-refractivity contribution in [2.75, 3.05) is 6.54 Å². The highest BCUT2D eigenvalue weighted by Gasteiger charge is 2.22. The second-order valence-electron chi connectivity index (χ2n) is 6.20. The molecule has 0 aliphatic rings. The highest BCUT2D eigenvalue weighted by atomic mass is 19.1. The Hall–Kier alpha value is -1.38. The van der Waals surface area contributed by atoms with Crippen LogP contribution in [0.25, 0.3) is 0 Å². The lowest BCUT2D eigenvalue weighted by Crippen LogP contribution is -2.30. The van der Waals surface area contributed by atoms with Crippen molar-refractivity contribution in [3.63, 3.8) is 0 Å². The molecule has 0 aliphatic heterocycles. The van der Waals surface area contributed by atoms with Crippen LogP contribution in [0.4, 0.5) is 4.39 Å². The number of rotatable bonds is 5. The molecule has 1 aromatic rings. The van der Waals surface area contributed by atoms with E-state index in [0.29, 0.717) is 25.3 Å². The molecule has 1 N–H and O–H groups in total. The molecule has 2 nitrogen and oxygen atoms in total. The smallest absolute Gasteiger partial charge is 0.220 e. The second kappa shape index (κ2) is 6.69. The summed E-state index contributed by atoms with van der Waals surface area (Å²) in [6.07, 6.45) is 1.19. The number of halogens is 1. The first-order valence-corrected chi connectivity index (χ1v) is 6.80. The van der Waals surface area contributed by atoms with E-state index in [1.165, 1.54) is 12.1 Å². The van der Waals surface area contributed by atoms with Crippen LogP contribution in [0, 0.1) is 17.2 Å². The highest BCUT2D eigenvalue weighted by Crippen LogP contribution is 2.27. The summed E-state index contributed by atoms with van der Waals surface area (Å²) < 4.78 is 13.0. The number of nitrogens with one attached hydrogen (secondary N) is 1. The SMILES string of the molecule is CC(CC(=O)NCCc1cccc(F)c1)C(C)(C)C. The van der Waals surface area contributed by atoms with Crippen LogP contribution in [0.15, 0.2) is 24.3 Å². The number of benzene rings is 1. The van der Waals surface area contributed by atoms with Gasteiger partial charge in [0.1, 0.15) is 5.82 Å². The van der Waals surface area contributed by atoms with Gasteiger partial charge in [-0.2, -0.15) is 0 Å². The monoisotopic (exact) mass is 265 g/mol. The van der Waals surface area contributed by atoms with Gasteiger partial charge in [-0.25, -0.2) is 4.39 Å². The normalized spacial score (nSPS) is 13.1. The highest BCUT2D eigenvalue weighted by molar-refractivity contribution is 5.76. The fourth-order valence-electron chi connectivity index (χ4n) is 1.70. The molecule has 0 radical (unpaired) electrons. The minimum Gasteiger partial charge on any atom is -0.356 e. The zero-order valence-electron chi connectivity index (χ0n) is 12.3. The Morgan fingerprint density at radius 3 is 2.63 bits per heavy atom. The Morgan fingerprint density at radius 2 is 2.05 bits per heavy atom. The van der Waals surface area contributed by atoms with E-state index in [4.69, 9.17) is 0 Å².